The summed E-state index contributed by atoms with van der Waals surface area (Å²) in [5, 5.41) is 4.67. The molecule has 2 aromatic rings. The van der Waals surface area contributed by atoms with Gasteiger partial charge in [0.25, 0.3) is 0 Å². The highest BCUT2D eigenvalue weighted by molar-refractivity contribution is 5.58. The van der Waals surface area contributed by atoms with Crippen molar-refractivity contribution >= 4 is 6.08 Å². The predicted octanol–water partition coefficient (Wildman–Crippen LogP) is 6.34. The molecule has 28 heavy (non-hydrogen) atoms. The molecule has 0 heterocycles. The molecule has 1 aliphatic carbocycles. The van der Waals surface area contributed by atoms with Crippen molar-refractivity contribution in [2.45, 2.75) is 44.8 Å². The number of rotatable bonds is 7. The largest absolute Gasteiger partial charge is 0.416 e. The van der Waals surface area contributed by atoms with E-state index in [0.717, 1.165) is 24.5 Å². The van der Waals surface area contributed by atoms with E-state index in [9.17, 15) is 18.1 Å². The van der Waals surface area contributed by atoms with Crippen LogP contribution in [0, 0.1) is 4.91 Å². The summed E-state index contributed by atoms with van der Waals surface area (Å²) in [7, 11) is 0. The molecule has 1 atom stereocenters. The summed E-state index contributed by atoms with van der Waals surface area (Å²) in [6, 6.07) is 11.2. The maximum Gasteiger partial charge on any atom is 0.416 e. The molecule has 0 fully saturated rings. The van der Waals surface area contributed by atoms with Crippen LogP contribution < -0.4 is 0 Å². The first-order valence-electron chi connectivity index (χ1n) is 9.44. The van der Waals surface area contributed by atoms with Crippen LogP contribution in [0.5, 0.6) is 0 Å². The smallest absolute Gasteiger partial charge is 0.254 e. The zero-order valence-electron chi connectivity index (χ0n) is 15.7. The molecule has 0 aromatic heterocycles. The van der Waals surface area contributed by atoms with Crippen LogP contribution in [0.15, 0.2) is 53.8 Å². The lowest BCUT2D eigenvalue weighted by atomic mass is 9.90. The van der Waals surface area contributed by atoms with Gasteiger partial charge in [0.2, 0.25) is 0 Å². The quantitative estimate of drug-likeness (QED) is 0.409. The Morgan fingerprint density at radius 3 is 2.71 bits per heavy atom. The fraction of sp³-hybridized carbons (Fsp3) is 0.364. The number of nitroso groups, excluding NO2 is 1. The molecule has 0 N–H and O–H groups in total. The Morgan fingerprint density at radius 2 is 1.96 bits per heavy atom. The molecule has 0 saturated carbocycles. The monoisotopic (exact) mass is 388 g/mol. The van der Waals surface area contributed by atoms with Gasteiger partial charge in [-0.3, -0.25) is 5.01 Å². The second-order valence-corrected chi connectivity index (χ2v) is 7.08. The summed E-state index contributed by atoms with van der Waals surface area (Å²) in [5.41, 5.74) is 3.46. The van der Waals surface area contributed by atoms with Gasteiger partial charge in [0.05, 0.1) is 16.9 Å². The van der Waals surface area contributed by atoms with Crippen molar-refractivity contribution in [3.63, 3.8) is 0 Å². The van der Waals surface area contributed by atoms with Crippen LogP contribution in [0.25, 0.3) is 6.08 Å². The van der Waals surface area contributed by atoms with Crippen molar-refractivity contribution in [3.05, 3.63) is 81.3 Å². The Hall–Kier alpha value is -2.63. The van der Waals surface area contributed by atoms with E-state index < -0.39 is 11.7 Å². The zero-order valence-corrected chi connectivity index (χ0v) is 15.7. The summed E-state index contributed by atoms with van der Waals surface area (Å²) >= 11 is 0. The molecule has 0 unspecified atom stereocenters. The minimum absolute atomic E-state index is 0.180. The molecule has 3 rings (SSSR count). The number of alkyl halides is 3. The van der Waals surface area contributed by atoms with E-state index in [4.69, 9.17) is 0 Å². The topological polar surface area (TPSA) is 32.7 Å². The number of hydrogen-bond donors (Lipinski definition) is 0. The molecule has 0 radical (unpaired) electrons. The van der Waals surface area contributed by atoms with Gasteiger partial charge < -0.3 is 0 Å². The average molecular weight is 388 g/mol. The van der Waals surface area contributed by atoms with Gasteiger partial charge in [-0.25, -0.2) is 0 Å². The van der Waals surface area contributed by atoms with Gasteiger partial charge in [0.15, 0.2) is 0 Å². The van der Waals surface area contributed by atoms with Crippen molar-refractivity contribution in [2.75, 3.05) is 6.54 Å². The summed E-state index contributed by atoms with van der Waals surface area (Å²) in [5.74, 6) is 0. The van der Waals surface area contributed by atoms with Crippen molar-refractivity contribution in [3.8, 4) is 0 Å². The van der Waals surface area contributed by atoms with Gasteiger partial charge in [-0.15, -0.1) is 4.91 Å². The summed E-state index contributed by atoms with van der Waals surface area (Å²) in [6.45, 7) is 2.33. The van der Waals surface area contributed by atoms with Crippen LogP contribution in [0.4, 0.5) is 13.2 Å². The van der Waals surface area contributed by atoms with E-state index in [1.165, 1.54) is 28.3 Å². The van der Waals surface area contributed by atoms with Gasteiger partial charge in [0, 0.05) is 6.54 Å². The van der Waals surface area contributed by atoms with Gasteiger partial charge in [-0.2, -0.15) is 13.2 Å². The van der Waals surface area contributed by atoms with Crippen LogP contribution in [0.2, 0.25) is 0 Å². The maximum atomic E-state index is 12.8. The van der Waals surface area contributed by atoms with E-state index >= 15 is 0 Å². The zero-order chi connectivity index (χ0) is 20.1. The standard InChI is InChI=1S/C22H23F3N2O/c1-16(20-13-5-10-18-9-2-3-12-21(18)20)27(26-28)14-6-8-17-7-4-11-19(15-17)22(23,24)25/h2,4-5,7,9-11,13,15-16H,3,6,8,12,14H2,1H3/t16-/m1/s1. The Kier molecular flexibility index (Phi) is 6.17. The highest BCUT2D eigenvalue weighted by Gasteiger charge is 2.30. The van der Waals surface area contributed by atoms with Crippen LogP contribution in [-0.2, 0) is 19.0 Å². The average Bonchev–Trinajstić information content (AvgIpc) is 2.70. The third-order valence-corrected chi connectivity index (χ3v) is 5.22. The molecule has 0 saturated heterocycles. The van der Waals surface area contributed by atoms with Crippen molar-refractivity contribution in [2.24, 2.45) is 5.29 Å². The highest BCUT2D eigenvalue weighted by atomic mass is 19.4. The molecular weight excluding hydrogens is 365 g/mol. The number of allylic oxidation sites excluding steroid dienone is 1. The lowest BCUT2D eigenvalue weighted by Gasteiger charge is -2.27. The number of fused-ring (bicyclic) bond motifs is 1. The molecule has 0 bridgehead atoms. The number of hydrogen-bond acceptors (Lipinski definition) is 2. The lowest BCUT2D eigenvalue weighted by molar-refractivity contribution is -0.137. The molecular formula is C22H23F3N2O. The van der Waals surface area contributed by atoms with Gasteiger partial charge >= 0.3 is 6.18 Å². The van der Waals surface area contributed by atoms with Gasteiger partial charge in [-0.05, 0) is 60.9 Å². The summed E-state index contributed by atoms with van der Waals surface area (Å²) in [4.78, 5) is 11.4. The van der Waals surface area contributed by atoms with Crippen LogP contribution in [0.1, 0.15) is 53.6 Å². The Morgan fingerprint density at radius 1 is 1.18 bits per heavy atom. The van der Waals surface area contributed by atoms with E-state index in [1.807, 2.05) is 19.1 Å². The number of aryl methyl sites for hydroxylation is 1. The molecule has 6 heteroatoms. The molecule has 1 aliphatic rings. The number of halogens is 3. The highest BCUT2D eigenvalue weighted by Crippen LogP contribution is 2.31. The molecule has 3 nitrogen and oxygen atoms in total. The molecule has 148 valence electrons. The van der Waals surface area contributed by atoms with Crippen molar-refractivity contribution in [1.29, 1.82) is 0 Å². The van der Waals surface area contributed by atoms with Crippen LogP contribution in [-0.4, -0.2) is 11.6 Å². The van der Waals surface area contributed by atoms with E-state index in [0.29, 0.717) is 24.9 Å². The second-order valence-electron chi connectivity index (χ2n) is 7.08. The van der Waals surface area contributed by atoms with E-state index in [2.05, 4.69) is 23.5 Å². The van der Waals surface area contributed by atoms with E-state index in [1.54, 1.807) is 6.07 Å². The summed E-state index contributed by atoms with van der Waals surface area (Å²) < 4.78 is 38.5. The minimum atomic E-state index is -4.35. The van der Waals surface area contributed by atoms with Gasteiger partial charge in [0.1, 0.15) is 0 Å². The third-order valence-electron chi connectivity index (χ3n) is 5.22. The van der Waals surface area contributed by atoms with Crippen molar-refractivity contribution in [1.82, 2.24) is 5.01 Å². The predicted molar refractivity (Wildman–Crippen MR) is 104 cm³/mol. The molecule has 0 aliphatic heterocycles. The van der Waals surface area contributed by atoms with Crippen molar-refractivity contribution < 1.29 is 13.2 Å². The normalized spacial score (nSPS) is 14.4. The fourth-order valence-corrected chi connectivity index (χ4v) is 3.71. The minimum Gasteiger partial charge on any atom is -0.254 e. The Labute approximate surface area is 162 Å². The first kappa shape index (κ1) is 20.1. The molecule has 0 amide bonds. The fourth-order valence-electron chi connectivity index (χ4n) is 3.71. The maximum absolute atomic E-state index is 12.8. The Balaban J connectivity index is 1.65. The SMILES string of the molecule is C[C@H](c1cccc2c1CCC=C2)N(CCCc1cccc(C(F)(F)F)c1)N=O. The second kappa shape index (κ2) is 8.59. The van der Waals surface area contributed by atoms with Crippen LogP contribution >= 0.6 is 0 Å². The summed E-state index contributed by atoms with van der Waals surface area (Å²) in [6.07, 6.45) is 2.80. The molecule has 2 aromatic carbocycles. The lowest BCUT2D eigenvalue weighted by Crippen LogP contribution is -2.24. The van der Waals surface area contributed by atoms with Crippen LogP contribution in [0.3, 0.4) is 0 Å². The van der Waals surface area contributed by atoms with Gasteiger partial charge in [-0.1, -0.05) is 48.6 Å². The first-order chi connectivity index (χ1) is 13.4. The van der Waals surface area contributed by atoms with E-state index in [-0.39, 0.29) is 6.04 Å². The number of benzene rings is 2. The first-order valence-corrected chi connectivity index (χ1v) is 9.44. The third kappa shape index (κ3) is 4.61. The number of nitrogens with zero attached hydrogens (tertiary/aromatic N) is 2. The molecule has 0 spiro atoms. The Bertz CT molecular complexity index is 861.